The second-order valence-corrected chi connectivity index (χ2v) is 8.22. The lowest BCUT2D eigenvalue weighted by molar-refractivity contribution is 0.0950. The Labute approximate surface area is 170 Å². The van der Waals surface area contributed by atoms with E-state index >= 15 is 0 Å². The minimum absolute atomic E-state index is 0.164. The molecule has 0 aliphatic rings. The number of benzene rings is 2. The number of aromatic nitrogens is 1. The Morgan fingerprint density at radius 1 is 1.07 bits per heavy atom. The van der Waals surface area contributed by atoms with E-state index in [4.69, 9.17) is 4.74 Å². The minimum Gasteiger partial charge on any atom is -0.497 e. The van der Waals surface area contributed by atoms with Gasteiger partial charge in [0.2, 0.25) is 0 Å². The van der Waals surface area contributed by atoms with E-state index in [1.165, 1.54) is 37.6 Å². The number of nitrogens with zero attached hydrogens (tertiary/aromatic N) is 2. The molecule has 0 saturated carbocycles. The van der Waals surface area contributed by atoms with E-state index in [0.717, 1.165) is 15.6 Å². The molecule has 1 N–H and O–H groups in total. The Morgan fingerprint density at radius 2 is 1.76 bits per heavy atom. The topological polar surface area (TPSA) is 88.6 Å². The predicted molar refractivity (Wildman–Crippen MR) is 110 cm³/mol. The van der Waals surface area contributed by atoms with Crippen LogP contribution in [0.4, 0.5) is 5.69 Å². The number of ether oxygens (including phenoxy) is 1. The Balaban J connectivity index is 1.73. The summed E-state index contributed by atoms with van der Waals surface area (Å²) in [5.41, 5.74) is 1.48. The minimum atomic E-state index is -3.75. The molecule has 0 aliphatic carbocycles. The number of amides is 1. The number of anilines is 1. The highest BCUT2D eigenvalue weighted by Gasteiger charge is 2.22. The van der Waals surface area contributed by atoms with Crippen LogP contribution in [0, 0.1) is 0 Å². The second kappa shape index (κ2) is 8.74. The highest BCUT2D eigenvalue weighted by Crippen LogP contribution is 2.22. The maximum absolute atomic E-state index is 12.8. The van der Waals surface area contributed by atoms with E-state index in [1.807, 2.05) is 24.3 Å². The molecule has 3 rings (SSSR count). The molecule has 0 radical (unpaired) electrons. The first-order chi connectivity index (χ1) is 13.9. The highest BCUT2D eigenvalue weighted by atomic mass is 32.2. The average Bonchev–Trinajstić information content (AvgIpc) is 2.78. The van der Waals surface area contributed by atoms with Crippen molar-refractivity contribution >= 4 is 21.6 Å². The molecular formula is C21H21N3O4S. The van der Waals surface area contributed by atoms with Crippen molar-refractivity contribution < 1.29 is 17.9 Å². The molecule has 1 aromatic heterocycles. The van der Waals surface area contributed by atoms with E-state index in [0.29, 0.717) is 12.2 Å². The summed E-state index contributed by atoms with van der Waals surface area (Å²) >= 11 is 0. The number of nitrogens with one attached hydrogen (secondary N) is 1. The van der Waals surface area contributed by atoms with Crippen LogP contribution in [0.5, 0.6) is 5.75 Å². The third-order valence-electron chi connectivity index (χ3n) is 4.36. The summed E-state index contributed by atoms with van der Waals surface area (Å²) in [5.74, 6) is 0.389. The van der Waals surface area contributed by atoms with Crippen LogP contribution in [0.2, 0.25) is 0 Å². The first kappa shape index (κ1) is 20.3. The summed E-state index contributed by atoms with van der Waals surface area (Å²) in [7, 11) is -0.729. The number of rotatable bonds is 7. The molecule has 0 saturated heterocycles. The molecule has 150 valence electrons. The van der Waals surface area contributed by atoms with Gasteiger partial charge in [-0.25, -0.2) is 8.42 Å². The third kappa shape index (κ3) is 4.72. The normalized spacial score (nSPS) is 11.0. The molecule has 7 nitrogen and oxygen atoms in total. The first-order valence-electron chi connectivity index (χ1n) is 8.82. The van der Waals surface area contributed by atoms with E-state index in [-0.39, 0.29) is 16.4 Å². The summed E-state index contributed by atoms with van der Waals surface area (Å²) in [6.07, 6.45) is 2.80. The molecule has 2 aromatic carbocycles. The van der Waals surface area contributed by atoms with Gasteiger partial charge in [0.05, 0.1) is 29.5 Å². The van der Waals surface area contributed by atoms with Crippen molar-refractivity contribution in [2.45, 2.75) is 11.4 Å². The van der Waals surface area contributed by atoms with Crippen LogP contribution in [0.15, 0.2) is 78.0 Å². The monoisotopic (exact) mass is 411 g/mol. The molecule has 0 spiro atoms. The molecular weight excluding hydrogens is 390 g/mol. The Hall–Kier alpha value is -3.39. The van der Waals surface area contributed by atoms with Gasteiger partial charge in [0.1, 0.15) is 5.75 Å². The first-order valence-corrected chi connectivity index (χ1v) is 10.3. The number of sulfonamides is 1. The van der Waals surface area contributed by atoms with Crippen LogP contribution in [0.3, 0.4) is 0 Å². The zero-order chi connectivity index (χ0) is 20.9. The van der Waals surface area contributed by atoms with E-state index in [1.54, 1.807) is 25.3 Å². The molecule has 0 bridgehead atoms. The fraction of sp³-hybridized carbons (Fsp3) is 0.143. The summed E-state index contributed by atoms with van der Waals surface area (Å²) in [5, 5.41) is 2.80. The van der Waals surface area contributed by atoms with Crippen LogP contribution < -0.4 is 14.4 Å². The van der Waals surface area contributed by atoms with Gasteiger partial charge in [-0.05, 0) is 35.9 Å². The van der Waals surface area contributed by atoms with Crippen LogP contribution in [-0.2, 0) is 16.6 Å². The Bertz CT molecular complexity index is 1080. The quantitative estimate of drug-likeness (QED) is 0.646. The lowest BCUT2D eigenvalue weighted by Gasteiger charge is -2.19. The summed E-state index contributed by atoms with van der Waals surface area (Å²) in [6.45, 7) is 0.325. The maximum atomic E-state index is 12.8. The van der Waals surface area contributed by atoms with Crippen LogP contribution in [-0.4, -0.2) is 33.5 Å². The van der Waals surface area contributed by atoms with Crippen molar-refractivity contribution in [2.75, 3.05) is 18.5 Å². The van der Waals surface area contributed by atoms with Crippen molar-refractivity contribution in [1.29, 1.82) is 0 Å². The van der Waals surface area contributed by atoms with Crippen LogP contribution in [0.25, 0.3) is 0 Å². The number of carbonyl (C=O) groups excluding carboxylic acids is 1. The van der Waals surface area contributed by atoms with E-state index < -0.39 is 10.0 Å². The van der Waals surface area contributed by atoms with Crippen molar-refractivity contribution in [1.82, 2.24) is 10.3 Å². The van der Waals surface area contributed by atoms with Gasteiger partial charge in [0, 0.05) is 19.8 Å². The van der Waals surface area contributed by atoms with Gasteiger partial charge < -0.3 is 10.1 Å². The van der Waals surface area contributed by atoms with Gasteiger partial charge >= 0.3 is 0 Å². The zero-order valence-electron chi connectivity index (χ0n) is 16.1. The maximum Gasteiger partial charge on any atom is 0.264 e. The van der Waals surface area contributed by atoms with Gasteiger partial charge in [-0.3, -0.25) is 14.1 Å². The van der Waals surface area contributed by atoms with Gasteiger partial charge in [0.15, 0.2) is 0 Å². The van der Waals surface area contributed by atoms with Gasteiger partial charge in [-0.1, -0.05) is 30.3 Å². The van der Waals surface area contributed by atoms with Gasteiger partial charge in [-0.15, -0.1) is 0 Å². The number of carbonyl (C=O) groups is 1. The number of methoxy groups -OCH3 is 1. The molecule has 0 unspecified atom stereocenters. The molecule has 1 amide bonds. The lowest BCUT2D eigenvalue weighted by atomic mass is 10.2. The molecule has 3 aromatic rings. The molecule has 8 heteroatoms. The van der Waals surface area contributed by atoms with Crippen molar-refractivity contribution in [3.8, 4) is 5.75 Å². The standard InChI is InChI=1S/C21H21N3O4S/c1-24(29(26,27)20-6-4-3-5-7-20)18-12-17(14-22-15-18)21(25)23-13-16-8-10-19(28-2)11-9-16/h3-12,14-15H,13H2,1-2H3,(H,23,25). The highest BCUT2D eigenvalue weighted by molar-refractivity contribution is 7.92. The predicted octanol–water partition coefficient (Wildman–Crippen LogP) is 2.85. The van der Waals surface area contributed by atoms with Crippen molar-refractivity contribution in [3.05, 3.63) is 84.2 Å². The molecule has 0 aliphatic heterocycles. The van der Waals surface area contributed by atoms with Crippen molar-refractivity contribution in [3.63, 3.8) is 0 Å². The van der Waals surface area contributed by atoms with Crippen molar-refractivity contribution in [2.24, 2.45) is 0 Å². The fourth-order valence-corrected chi connectivity index (χ4v) is 3.84. The van der Waals surface area contributed by atoms with E-state index in [9.17, 15) is 13.2 Å². The largest absolute Gasteiger partial charge is 0.497 e. The number of hydrogen-bond acceptors (Lipinski definition) is 5. The second-order valence-electron chi connectivity index (χ2n) is 6.25. The fourth-order valence-electron chi connectivity index (χ4n) is 2.64. The van der Waals surface area contributed by atoms with Gasteiger partial charge in [-0.2, -0.15) is 0 Å². The molecule has 29 heavy (non-hydrogen) atoms. The van der Waals surface area contributed by atoms with E-state index in [2.05, 4.69) is 10.3 Å². The summed E-state index contributed by atoms with van der Waals surface area (Å²) in [6, 6.07) is 16.9. The summed E-state index contributed by atoms with van der Waals surface area (Å²) in [4.78, 5) is 16.7. The summed E-state index contributed by atoms with van der Waals surface area (Å²) < 4.78 is 31.7. The van der Waals surface area contributed by atoms with Gasteiger partial charge in [0.25, 0.3) is 15.9 Å². The average molecular weight is 411 g/mol. The molecule has 0 fully saturated rings. The molecule has 1 heterocycles. The third-order valence-corrected chi connectivity index (χ3v) is 6.16. The lowest BCUT2D eigenvalue weighted by Crippen LogP contribution is -2.28. The Kier molecular flexibility index (Phi) is 6.13. The number of hydrogen-bond donors (Lipinski definition) is 1. The SMILES string of the molecule is COc1ccc(CNC(=O)c2cncc(N(C)S(=O)(=O)c3ccccc3)c2)cc1. The van der Waals surface area contributed by atoms with Crippen LogP contribution in [0.1, 0.15) is 15.9 Å². The zero-order valence-corrected chi connectivity index (χ0v) is 16.9. The smallest absolute Gasteiger partial charge is 0.264 e. The Morgan fingerprint density at radius 3 is 2.41 bits per heavy atom. The number of pyridine rings is 1. The molecule has 0 atom stereocenters. The van der Waals surface area contributed by atoms with Crippen LogP contribution >= 0.6 is 0 Å².